The molecule has 0 bridgehead atoms. The van der Waals surface area contributed by atoms with Crippen LogP contribution in [0.5, 0.6) is 0 Å². The van der Waals surface area contributed by atoms with Gasteiger partial charge in [-0.3, -0.25) is 9.78 Å². The first kappa shape index (κ1) is 17.0. The Kier molecular flexibility index (Phi) is 4.97. The summed E-state index contributed by atoms with van der Waals surface area (Å²) in [5.41, 5.74) is 2.46. The number of hydrogen-bond acceptors (Lipinski definition) is 3. The van der Waals surface area contributed by atoms with E-state index in [4.69, 9.17) is 0 Å². The lowest BCUT2D eigenvalue weighted by Crippen LogP contribution is -2.26. The molecule has 4 nitrogen and oxygen atoms in total. The van der Waals surface area contributed by atoms with Gasteiger partial charge in [0.05, 0.1) is 11.1 Å². The van der Waals surface area contributed by atoms with Crippen LogP contribution in [-0.2, 0) is 0 Å². The molecule has 0 saturated carbocycles. The van der Waals surface area contributed by atoms with Crippen molar-refractivity contribution in [1.29, 1.82) is 0 Å². The van der Waals surface area contributed by atoms with Crippen LogP contribution < -0.4 is 10.6 Å². The second-order valence-electron chi connectivity index (χ2n) is 6.45. The molecule has 0 spiro atoms. The highest BCUT2D eigenvalue weighted by molar-refractivity contribution is 6.15. The van der Waals surface area contributed by atoms with E-state index in [-0.39, 0.29) is 5.91 Å². The number of anilines is 1. The van der Waals surface area contributed by atoms with Crippen LogP contribution >= 0.6 is 0 Å². The van der Waals surface area contributed by atoms with Gasteiger partial charge in [0.1, 0.15) is 0 Å². The van der Waals surface area contributed by atoms with Gasteiger partial charge in [0, 0.05) is 30.4 Å². The molecule has 1 aromatic heterocycles. The molecule has 0 fully saturated rings. The molecule has 3 aromatic carbocycles. The maximum absolute atomic E-state index is 12.8. The fourth-order valence-corrected chi connectivity index (χ4v) is 3.28. The molecule has 0 radical (unpaired) electrons. The minimum Gasteiger partial charge on any atom is -0.385 e. The zero-order chi connectivity index (χ0) is 18.5. The molecule has 0 saturated heterocycles. The summed E-state index contributed by atoms with van der Waals surface area (Å²) in [6.07, 6.45) is 2.58. The summed E-state index contributed by atoms with van der Waals surface area (Å²) in [7, 11) is 0. The van der Waals surface area contributed by atoms with Crippen LogP contribution in [0.4, 0.5) is 5.69 Å². The van der Waals surface area contributed by atoms with Crippen LogP contribution in [-0.4, -0.2) is 24.0 Å². The van der Waals surface area contributed by atoms with E-state index in [2.05, 4.69) is 21.7 Å². The van der Waals surface area contributed by atoms with Gasteiger partial charge in [-0.1, -0.05) is 48.5 Å². The third kappa shape index (κ3) is 3.75. The molecule has 4 heteroatoms. The molecular formula is C23H21N3O. The van der Waals surface area contributed by atoms with Crippen molar-refractivity contribution in [3.05, 3.63) is 84.6 Å². The molecule has 0 unspecified atom stereocenters. The van der Waals surface area contributed by atoms with E-state index in [0.717, 1.165) is 40.3 Å². The number of carbonyl (C=O) groups excluding carboxylic acids is 1. The highest BCUT2D eigenvalue weighted by Crippen LogP contribution is 2.27. The lowest BCUT2D eigenvalue weighted by atomic mass is 10.0. The van der Waals surface area contributed by atoms with Gasteiger partial charge >= 0.3 is 0 Å². The van der Waals surface area contributed by atoms with Gasteiger partial charge in [-0.15, -0.1) is 0 Å². The summed E-state index contributed by atoms with van der Waals surface area (Å²) in [5.74, 6) is -0.0795. The number of fused-ring (bicyclic) bond motifs is 3. The lowest BCUT2D eigenvalue weighted by Gasteiger charge is -2.11. The van der Waals surface area contributed by atoms with Gasteiger partial charge in [0.2, 0.25) is 0 Å². The predicted molar refractivity (Wildman–Crippen MR) is 111 cm³/mol. The van der Waals surface area contributed by atoms with Gasteiger partial charge in [0.15, 0.2) is 0 Å². The molecule has 0 atom stereocenters. The monoisotopic (exact) mass is 355 g/mol. The molecule has 2 N–H and O–H groups in total. The molecule has 27 heavy (non-hydrogen) atoms. The number of pyridine rings is 1. The first-order valence-electron chi connectivity index (χ1n) is 9.16. The number of hydrogen-bond donors (Lipinski definition) is 2. The van der Waals surface area contributed by atoms with Gasteiger partial charge in [-0.2, -0.15) is 0 Å². The zero-order valence-electron chi connectivity index (χ0n) is 15.0. The summed E-state index contributed by atoms with van der Waals surface area (Å²) in [4.78, 5) is 17.2. The molecule has 0 aliphatic heterocycles. The maximum Gasteiger partial charge on any atom is 0.253 e. The molecule has 4 aromatic rings. The lowest BCUT2D eigenvalue weighted by molar-refractivity contribution is 0.0955. The summed E-state index contributed by atoms with van der Waals surface area (Å²) in [6.45, 7) is 1.42. The van der Waals surface area contributed by atoms with Crippen LogP contribution in [0, 0.1) is 0 Å². The van der Waals surface area contributed by atoms with E-state index in [1.807, 2.05) is 66.7 Å². The van der Waals surface area contributed by atoms with E-state index >= 15 is 0 Å². The van der Waals surface area contributed by atoms with Gasteiger partial charge < -0.3 is 10.6 Å². The first-order valence-corrected chi connectivity index (χ1v) is 9.16. The standard InChI is InChI=1S/C23H21N3O/c27-23(26-15-7-14-24-18-9-2-1-3-10-18)21-16-17-8-4-5-11-19(17)20-12-6-13-25-22(20)21/h1-6,8-13,16,24H,7,14-15H2,(H,26,27). The fraction of sp³-hybridized carbons (Fsp3) is 0.130. The summed E-state index contributed by atoms with van der Waals surface area (Å²) in [5, 5.41) is 9.54. The number of aromatic nitrogens is 1. The average molecular weight is 355 g/mol. The fourth-order valence-electron chi connectivity index (χ4n) is 3.28. The largest absolute Gasteiger partial charge is 0.385 e. The van der Waals surface area contributed by atoms with Crippen LogP contribution in [0.2, 0.25) is 0 Å². The number of benzene rings is 3. The Morgan fingerprint density at radius 2 is 1.63 bits per heavy atom. The number of rotatable bonds is 6. The number of carbonyl (C=O) groups is 1. The van der Waals surface area contributed by atoms with Crippen molar-refractivity contribution in [2.45, 2.75) is 6.42 Å². The maximum atomic E-state index is 12.8. The van der Waals surface area contributed by atoms with Crippen LogP contribution in [0.25, 0.3) is 21.7 Å². The minimum atomic E-state index is -0.0795. The third-order valence-electron chi connectivity index (χ3n) is 4.60. The van der Waals surface area contributed by atoms with Crippen molar-refractivity contribution in [1.82, 2.24) is 10.3 Å². The average Bonchev–Trinajstić information content (AvgIpc) is 2.73. The van der Waals surface area contributed by atoms with Crippen molar-refractivity contribution < 1.29 is 4.79 Å². The van der Waals surface area contributed by atoms with Crippen LogP contribution in [0.3, 0.4) is 0 Å². The Labute approximate surface area is 158 Å². The number of amides is 1. The molecule has 1 heterocycles. The van der Waals surface area contributed by atoms with Gasteiger partial charge in [0.25, 0.3) is 5.91 Å². The minimum absolute atomic E-state index is 0.0795. The highest BCUT2D eigenvalue weighted by Gasteiger charge is 2.13. The molecular weight excluding hydrogens is 334 g/mol. The van der Waals surface area contributed by atoms with Crippen molar-refractivity contribution >= 4 is 33.3 Å². The molecule has 0 aliphatic carbocycles. The van der Waals surface area contributed by atoms with Gasteiger partial charge in [-0.05, 0) is 41.5 Å². The second-order valence-corrected chi connectivity index (χ2v) is 6.45. The van der Waals surface area contributed by atoms with Crippen LogP contribution in [0.1, 0.15) is 16.8 Å². The predicted octanol–water partition coefficient (Wildman–Crippen LogP) is 4.62. The van der Waals surface area contributed by atoms with E-state index in [0.29, 0.717) is 12.1 Å². The van der Waals surface area contributed by atoms with Crippen LogP contribution in [0.15, 0.2) is 79.0 Å². The van der Waals surface area contributed by atoms with E-state index in [1.54, 1.807) is 6.20 Å². The Morgan fingerprint density at radius 1 is 0.852 bits per heavy atom. The summed E-state index contributed by atoms with van der Waals surface area (Å²) < 4.78 is 0. The van der Waals surface area contributed by atoms with Crippen molar-refractivity contribution in [2.75, 3.05) is 18.4 Å². The molecule has 4 rings (SSSR count). The quantitative estimate of drug-likeness (QED) is 0.392. The Hall–Kier alpha value is -3.40. The molecule has 134 valence electrons. The summed E-state index contributed by atoms with van der Waals surface area (Å²) >= 11 is 0. The smallest absolute Gasteiger partial charge is 0.253 e. The van der Waals surface area contributed by atoms with Crippen molar-refractivity contribution in [2.24, 2.45) is 0 Å². The normalized spacial score (nSPS) is 10.8. The SMILES string of the molecule is O=C(NCCCNc1ccccc1)c1cc2ccccc2c2cccnc12. The Balaban J connectivity index is 1.46. The Morgan fingerprint density at radius 3 is 2.52 bits per heavy atom. The van der Waals surface area contributed by atoms with E-state index < -0.39 is 0 Å². The molecule has 1 amide bonds. The summed E-state index contributed by atoms with van der Waals surface area (Å²) in [6, 6.07) is 24.0. The number of nitrogens with one attached hydrogen (secondary N) is 2. The first-order chi connectivity index (χ1) is 13.3. The zero-order valence-corrected chi connectivity index (χ0v) is 15.0. The Bertz CT molecular complexity index is 1080. The highest BCUT2D eigenvalue weighted by atomic mass is 16.1. The van der Waals surface area contributed by atoms with Gasteiger partial charge in [-0.25, -0.2) is 0 Å². The van der Waals surface area contributed by atoms with E-state index in [9.17, 15) is 4.79 Å². The molecule has 0 aliphatic rings. The van der Waals surface area contributed by atoms with E-state index in [1.165, 1.54) is 0 Å². The van der Waals surface area contributed by atoms with Crippen molar-refractivity contribution in [3.8, 4) is 0 Å². The second kappa shape index (κ2) is 7.87. The number of nitrogens with zero attached hydrogens (tertiary/aromatic N) is 1. The number of para-hydroxylation sites is 1. The van der Waals surface area contributed by atoms with Crippen molar-refractivity contribution in [3.63, 3.8) is 0 Å². The topological polar surface area (TPSA) is 54.0 Å². The third-order valence-corrected chi connectivity index (χ3v) is 4.60.